The molecule has 0 saturated carbocycles. The molecule has 1 aliphatic heterocycles. The SMILES string of the molecule is C[C@H]1CCc2sc(C(=O)N3CCN(S(=O)(=O)Cc4ccccc4)CC3)cc2C1. The van der Waals surface area contributed by atoms with Crippen LogP contribution in [0.3, 0.4) is 0 Å². The van der Waals surface area contributed by atoms with Crippen molar-refractivity contribution in [3.8, 4) is 0 Å². The van der Waals surface area contributed by atoms with E-state index in [9.17, 15) is 13.2 Å². The van der Waals surface area contributed by atoms with Crippen molar-refractivity contribution in [2.75, 3.05) is 26.2 Å². The highest BCUT2D eigenvalue weighted by Crippen LogP contribution is 2.33. The Hall–Kier alpha value is -1.70. The van der Waals surface area contributed by atoms with Gasteiger partial charge in [0.1, 0.15) is 0 Å². The molecule has 2 aromatic rings. The molecule has 150 valence electrons. The summed E-state index contributed by atoms with van der Waals surface area (Å²) in [7, 11) is -3.36. The molecule has 0 bridgehead atoms. The first-order valence-corrected chi connectivity index (χ1v) is 12.3. The van der Waals surface area contributed by atoms with Crippen LogP contribution in [0.1, 0.15) is 39.0 Å². The van der Waals surface area contributed by atoms with Crippen LogP contribution in [0.25, 0.3) is 0 Å². The lowest BCUT2D eigenvalue weighted by molar-refractivity contribution is 0.0702. The Kier molecular flexibility index (Phi) is 5.58. The Morgan fingerprint density at radius 2 is 1.86 bits per heavy atom. The zero-order valence-corrected chi connectivity index (χ0v) is 17.8. The van der Waals surface area contributed by atoms with Crippen LogP contribution >= 0.6 is 11.3 Å². The summed E-state index contributed by atoms with van der Waals surface area (Å²) in [5.74, 6) is 0.744. The van der Waals surface area contributed by atoms with Gasteiger partial charge in [0, 0.05) is 31.1 Å². The van der Waals surface area contributed by atoms with E-state index in [0.717, 1.165) is 23.3 Å². The van der Waals surface area contributed by atoms with Crippen LogP contribution in [-0.4, -0.2) is 49.7 Å². The number of nitrogens with zero attached hydrogens (tertiary/aromatic N) is 2. The molecule has 1 atom stereocenters. The second-order valence-electron chi connectivity index (χ2n) is 7.84. The van der Waals surface area contributed by atoms with Crippen molar-refractivity contribution in [1.29, 1.82) is 0 Å². The fourth-order valence-corrected chi connectivity index (χ4v) is 6.70. The molecule has 28 heavy (non-hydrogen) atoms. The van der Waals surface area contributed by atoms with Gasteiger partial charge in [0.2, 0.25) is 10.0 Å². The Bertz CT molecular complexity index is 945. The zero-order valence-electron chi connectivity index (χ0n) is 16.1. The summed E-state index contributed by atoms with van der Waals surface area (Å²) in [5, 5.41) is 0. The maximum absolute atomic E-state index is 12.9. The van der Waals surface area contributed by atoms with Crippen LogP contribution in [0.5, 0.6) is 0 Å². The number of carbonyl (C=O) groups is 1. The van der Waals surface area contributed by atoms with E-state index >= 15 is 0 Å². The first-order valence-electron chi connectivity index (χ1n) is 9.85. The van der Waals surface area contributed by atoms with E-state index < -0.39 is 10.0 Å². The molecule has 0 unspecified atom stereocenters. The minimum absolute atomic E-state index is 0.0115. The Labute approximate surface area is 171 Å². The van der Waals surface area contributed by atoms with Crippen molar-refractivity contribution in [2.24, 2.45) is 5.92 Å². The lowest BCUT2D eigenvalue weighted by atomic mass is 9.90. The standard InChI is InChI=1S/C21H26N2O3S2/c1-16-7-8-19-18(13-16)14-20(27-19)21(24)22-9-11-23(12-10-22)28(25,26)15-17-5-3-2-4-6-17/h2-6,14,16H,7-13,15H2,1H3/t16-/m0/s1. The number of benzene rings is 1. The third-order valence-electron chi connectivity index (χ3n) is 5.65. The molecule has 1 aliphatic carbocycles. The van der Waals surface area contributed by atoms with Crippen LogP contribution in [0.4, 0.5) is 0 Å². The second kappa shape index (κ2) is 7.97. The van der Waals surface area contributed by atoms with Gasteiger partial charge in [0.25, 0.3) is 5.91 Å². The van der Waals surface area contributed by atoms with Crippen LogP contribution in [0, 0.1) is 5.92 Å². The van der Waals surface area contributed by atoms with E-state index in [4.69, 9.17) is 0 Å². The van der Waals surface area contributed by atoms with Crippen LogP contribution in [-0.2, 0) is 28.6 Å². The predicted octanol–water partition coefficient (Wildman–Crippen LogP) is 3.16. The smallest absolute Gasteiger partial charge is 0.264 e. The van der Waals surface area contributed by atoms with Gasteiger partial charge in [-0.15, -0.1) is 11.3 Å². The molecule has 1 aromatic heterocycles. The van der Waals surface area contributed by atoms with Crippen molar-refractivity contribution in [1.82, 2.24) is 9.21 Å². The van der Waals surface area contributed by atoms with E-state index in [1.54, 1.807) is 16.2 Å². The summed E-state index contributed by atoms with van der Waals surface area (Å²) in [4.78, 5) is 16.9. The first-order chi connectivity index (χ1) is 13.4. The summed E-state index contributed by atoms with van der Waals surface area (Å²) in [6.45, 7) is 3.89. The average molecular weight is 419 g/mol. The number of hydrogen-bond donors (Lipinski definition) is 0. The van der Waals surface area contributed by atoms with Gasteiger partial charge in [0.05, 0.1) is 10.6 Å². The third kappa shape index (κ3) is 4.16. The van der Waals surface area contributed by atoms with Gasteiger partial charge in [-0.1, -0.05) is 37.3 Å². The Balaban J connectivity index is 1.38. The number of fused-ring (bicyclic) bond motifs is 1. The van der Waals surface area contributed by atoms with E-state index in [1.807, 2.05) is 30.3 Å². The fourth-order valence-electron chi connectivity index (χ4n) is 4.01. The molecular weight excluding hydrogens is 392 g/mol. The summed E-state index contributed by atoms with van der Waals surface area (Å²) in [5.41, 5.74) is 2.12. The quantitative estimate of drug-likeness (QED) is 0.766. The molecule has 1 aromatic carbocycles. The number of piperazine rings is 1. The minimum atomic E-state index is -3.36. The number of aryl methyl sites for hydroxylation is 1. The second-order valence-corrected chi connectivity index (χ2v) is 10.9. The molecule has 1 saturated heterocycles. The van der Waals surface area contributed by atoms with Gasteiger partial charge in [0.15, 0.2) is 0 Å². The highest BCUT2D eigenvalue weighted by Gasteiger charge is 2.30. The summed E-state index contributed by atoms with van der Waals surface area (Å²) in [6, 6.07) is 11.3. The van der Waals surface area contributed by atoms with Gasteiger partial charge in [-0.3, -0.25) is 4.79 Å². The molecule has 0 radical (unpaired) electrons. The van der Waals surface area contributed by atoms with Crippen molar-refractivity contribution in [3.63, 3.8) is 0 Å². The van der Waals surface area contributed by atoms with Crippen LogP contribution in [0.15, 0.2) is 36.4 Å². The van der Waals surface area contributed by atoms with Crippen molar-refractivity contribution < 1.29 is 13.2 Å². The maximum atomic E-state index is 12.9. The third-order valence-corrected chi connectivity index (χ3v) is 8.73. The first kappa shape index (κ1) is 19.6. The molecule has 0 N–H and O–H groups in total. The number of carbonyl (C=O) groups excluding carboxylic acids is 1. The predicted molar refractivity (Wildman–Crippen MR) is 112 cm³/mol. The molecule has 0 spiro atoms. The van der Waals surface area contributed by atoms with Gasteiger partial charge >= 0.3 is 0 Å². The minimum Gasteiger partial charge on any atom is -0.335 e. The number of sulfonamides is 1. The van der Waals surface area contributed by atoms with E-state index in [-0.39, 0.29) is 11.7 Å². The molecule has 4 rings (SSSR count). The summed E-state index contributed by atoms with van der Waals surface area (Å²) >= 11 is 1.62. The normalized spacial score (nSPS) is 20.8. The Morgan fingerprint density at radius 1 is 1.14 bits per heavy atom. The lowest BCUT2D eigenvalue weighted by Gasteiger charge is -2.33. The van der Waals surface area contributed by atoms with Crippen molar-refractivity contribution in [3.05, 3.63) is 57.3 Å². The van der Waals surface area contributed by atoms with E-state index in [2.05, 4.69) is 13.0 Å². The Morgan fingerprint density at radius 3 is 2.57 bits per heavy atom. The maximum Gasteiger partial charge on any atom is 0.264 e. The van der Waals surface area contributed by atoms with Crippen molar-refractivity contribution in [2.45, 2.75) is 31.9 Å². The number of hydrogen-bond acceptors (Lipinski definition) is 4. The van der Waals surface area contributed by atoms with Crippen LogP contribution in [0.2, 0.25) is 0 Å². The molecule has 2 heterocycles. The lowest BCUT2D eigenvalue weighted by Crippen LogP contribution is -2.50. The number of rotatable bonds is 4. The number of amides is 1. The molecule has 7 heteroatoms. The van der Waals surface area contributed by atoms with E-state index in [0.29, 0.717) is 32.1 Å². The van der Waals surface area contributed by atoms with E-state index in [1.165, 1.54) is 21.2 Å². The topological polar surface area (TPSA) is 57.7 Å². The largest absolute Gasteiger partial charge is 0.335 e. The highest BCUT2D eigenvalue weighted by molar-refractivity contribution is 7.88. The van der Waals surface area contributed by atoms with Gasteiger partial charge < -0.3 is 4.90 Å². The molecule has 5 nitrogen and oxygen atoms in total. The monoisotopic (exact) mass is 418 g/mol. The van der Waals surface area contributed by atoms with Gasteiger partial charge in [-0.2, -0.15) is 4.31 Å². The zero-order chi connectivity index (χ0) is 19.7. The highest BCUT2D eigenvalue weighted by atomic mass is 32.2. The number of thiophene rings is 1. The average Bonchev–Trinajstić information content (AvgIpc) is 3.11. The summed E-state index contributed by atoms with van der Waals surface area (Å²) < 4.78 is 26.9. The van der Waals surface area contributed by atoms with Crippen molar-refractivity contribution >= 4 is 27.3 Å². The summed E-state index contributed by atoms with van der Waals surface area (Å²) in [6.07, 6.45) is 3.32. The molecule has 1 amide bonds. The molecule has 1 fully saturated rings. The van der Waals surface area contributed by atoms with Gasteiger partial charge in [-0.25, -0.2) is 8.42 Å². The fraction of sp³-hybridized carbons (Fsp3) is 0.476. The molecular formula is C21H26N2O3S2. The van der Waals surface area contributed by atoms with Gasteiger partial charge in [-0.05, 0) is 42.4 Å². The van der Waals surface area contributed by atoms with Crippen LogP contribution < -0.4 is 0 Å². The molecule has 2 aliphatic rings.